The maximum atomic E-state index is 12.7. The second kappa shape index (κ2) is 31.5. The average molecular weight is 635 g/mol. The minimum absolute atomic E-state index is 0.0574. The van der Waals surface area contributed by atoms with Crippen molar-refractivity contribution in [2.24, 2.45) is 5.92 Å². The van der Waals surface area contributed by atoms with Crippen molar-refractivity contribution in [1.82, 2.24) is 0 Å². The topological polar surface area (TPSA) is 74.6 Å². The molecule has 5 heteroatoms. The molecule has 0 aliphatic rings. The monoisotopic (exact) mass is 634 g/mol. The first-order valence-corrected chi connectivity index (χ1v) is 18.6. The molecular formula is C39H67ClO4. The summed E-state index contributed by atoms with van der Waals surface area (Å²) in [6, 6.07) is 0. The highest BCUT2D eigenvalue weighted by Crippen LogP contribution is 2.24. The van der Waals surface area contributed by atoms with Crippen LogP contribution in [0.4, 0.5) is 0 Å². The molecule has 0 aromatic carbocycles. The van der Waals surface area contributed by atoms with Gasteiger partial charge in [0.2, 0.25) is 5.79 Å². The molecule has 0 bridgehead atoms. The van der Waals surface area contributed by atoms with E-state index in [9.17, 15) is 19.8 Å². The van der Waals surface area contributed by atoms with Gasteiger partial charge in [0.15, 0.2) is 5.78 Å². The Morgan fingerprint density at radius 1 is 0.545 bits per heavy atom. The van der Waals surface area contributed by atoms with Crippen molar-refractivity contribution in [3.8, 4) is 0 Å². The molecule has 0 radical (unpaired) electrons. The standard InChI is InChI=1S/C39H67ClO4/c1-3-5-7-9-11-13-15-17-19-21-23-25-27-29-31-33-37(41)36(35-40)39(43,44)38(42)34-32-30-28-26-24-22-20-18-16-14-12-10-8-6-4-2/h11-14,17-20,36,43-44H,3-10,15-16,21-35H2,1-2H3/b13-11-,14-12-,19-17-,20-18-. The van der Waals surface area contributed by atoms with Gasteiger partial charge in [0.25, 0.3) is 0 Å². The molecule has 0 saturated heterocycles. The van der Waals surface area contributed by atoms with Crippen LogP contribution < -0.4 is 0 Å². The zero-order valence-electron chi connectivity index (χ0n) is 28.5. The number of alkyl halides is 1. The zero-order chi connectivity index (χ0) is 32.6. The van der Waals surface area contributed by atoms with Gasteiger partial charge in [-0.25, -0.2) is 0 Å². The predicted molar refractivity (Wildman–Crippen MR) is 190 cm³/mol. The molecule has 2 N–H and O–H groups in total. The van der Waals surface area contributed by atoms with Crippen molar-refractivity contribution < 1.29 is 19.8 Å². The van der Waals surface area contributed by atoms with Crippen molar-refractivity contribution in [2.75, 3.05) is 5.88 Å². The molecule has 0 aliphatic heterocycles. The normalized spacial score (nSPS) is 13.3. The van der Waals surface area contributed by atoms with Gasteiger partial charge in [-0.15, -0.1) is 11.6 Å². The highest BCUT2D eigenvalue weighted by molar-refractivity contribution is 6.20. The molecule has 0 amide bonds. The number of hydrogen-bond acceptors (Lipinski definition) is 4. The van der Waals surface area contributed by atoms with E-state index in [1.807, 2.05) is 0 Å². The van der Waals surface area contributed by atoms with Gasteiger partial charge in [-0.1, -0.05) is 127 Å². The number of rotatable bonds is 32. The molecule has 0 spiro atoms. The number of unbranched alkanes of at least 4 members (excludes halogenated alkanes) is 16. The first-order chi connectivity index (χ1) is 21.4. The van der Waals surface area contributed by atoms with Gasteiger partial charge in [-0.2, -0.15) is 0 Å². The van der Waals surface area contributed by atoms with E-state index in [-0.39, 0.29) is 24.5 Å². The molecule has 0 aromatic heterocycles. The largest absolute Gasteiger partial charge is 0.359 e. The van der Waals surface area contributed by atoms with Crippen LogP contribution in [0.5, 0.6) is 0 Å². The van der Waals surface area contributed by atoms with Crippen molar-refractivity contribution in [2.45, 2.75) is 174 Å². The molecule has 0 heterocycles. The van der Waals surface area contributed by atoms with E-state index in [1.165, 1.54) is 51.4 Å². The molecule has 4 nitrogen and oxygen atoms in total. The Labute approximate surface area is 276 Å². The molecule has 0 saturated carbocycles. The van der Waals surface area contributed by atoms with E-state index < -0.39 is 17.5 Å². The first kappa shape index (κ1) is 42.5. The Hall–Kier alpha value is -1.49. The van der Waals surface area contributed by atoms with E-state index in [2.05, 4.69) is 62.5 Å². The minimum Gasteiger partial charge on any atom is -0.359 e. The third kappa shape index (κ3) is 24.8. The number of halogens is 1. The summed E-state index contributed by atoms with van der Waals surface area (Å²) < 4.78 is 0. The molecule has 0 aliphatic carbocycles. The molecular weight excluding hydrogens is 568 g/mol. The van der Waals surface area contributed by atoms with Gasteiger partial charge in [0.05, 0.1) is 5.92 Å². The third-order valence-electron chi connectivity index (χ3n) is 8.17. The first-order valence-electron chi connectivity index (χ1n) is 18.1. The Bertz CT molecular complexity index is 796. The number of carbonyl (C=O) groups excluding carboxylic acids is 2. The molecule has 44 heavy (non-hydrogen) atoms. The summed E-state index contributed by atoms with van der Waals surface area (Å²) >= 11 is 5.95. The van der Waals surface area contributed by atoms with Crippen LogP contribution in [0.15, 0.2) is 48.6 Å². The number of Topliss-reactive ketones (excluding diaryl/α,β-unsaturated/α-hetero) is 2. The minimum atomic E-state index is -2.68. The lowest BCUT2D eigenvalue weighted by molar-refractivity contribution is -0.201. The maximum Gasteiger partial charge on any atom is 0.235 e. The smallest absolute Gasteiger partial charge is 0.235 e. The van der Waals surface area contributed by atoms with Gasteiger partial charge in [-0.3, -0.25) is 9.59 Å². The summed E-state index contributed by atoms with van der Waals surface area (Å²) in [7, 11) is 0. The lowest BCUT2D eigenvalue weighted by Crippen LogP contribution is -2.50. The summed E-state index contributed by atoms with van der Waals surface area (Å²) in [5, 5.41) is 21.1. The van der Waals surface area contributed by atoms with Gasteiger partial charge in [0.1, 0.15) is 5.78 Å². The van der Waals surface area contributed by atoms with E-state index in [4.69, 9.17) is 11.6 Å². The van der Waals surface area contributed by atoms with Gasteiger partial charge >= 0.3 is 0 Å². The second-order valence-electron chi connectivity index (χ2n) is 12.3. The quantitative estimate of drug-likeness (QED) is 0.0334. The fourth-order valence-electron chi connectivity index (χ4n) is 5.18. The second-order valence-corrected chi connectivity index (χ2v) is 12.6. The average Bonchev–Trinajstić information content (AvgIpc) is 3.01. The fraction of sp³-hybridized carbons (Fsp3) is 0.744. The summed E-state index contributed by atoms with van der Waals surface area (Å²) in [4.78, 5) is 25.3. The van der Waals surface area contributed by atoms with Crippen LogP contribution in [-0.4, -0.2) is 33.4 Å². The number of allylic oxidation sites excluding steroid dienone is 8. The SMILES string of the molecule is CCCCC/C=C\C/C=C\CCCCCCCC(=O)C(CCl)C(O)(O)C(=O)CCCCCCC/C=C\C/C=C\CCCCC. The Morgan fingerprint density at radius 3 is 1.32 bits per heavy atom. The van der Waals surface area contributed by atoms with Gasteiger partial charge in [0, 0.05) is 18.7 Å². The van der Waals surface area contributed by atoms with Crippen LogP contribution in [-0.2, 0) is 9.59 Å². The highest BCUT2D eigenvalue weighted by Gasteiger charge is 2.44. The number of hydrogen-bond donors (Lipinski definition) is 2. The maximum absolute atomic E-state index is 12.7. The van der Waals surface area contributed by atoms with Crippen LogP contribution >= 0.6 is 11.6 Å². The summed E-state index contributed by atoms with van der Waals surface area (Å²) in [5.74, 6) is -5.22. The lowest BCUT2D eigenvalue weighted by atomic mass is 9.87. The van der Waals surface area contributed by atoms with Gasteiger partial charge < -0.3 is 10.2 Å². The van der Waals surface area contributed by atoms with Gasteiger partial charge in [-0.05, 0) is 77.0 Å². The summed E-state index contributed by atoms with van der Waals surface area (Å²) in [5.41, 5.74) is 0. The number of aliphatic hydroxyl groups is 2. The van der Waals surface area contributed by atoms with E-state index >= 15 is 0 Å². The van der Waals surface area contributed by atoms with Crippen molar-refractivity contribution in [3.63, 3.8) is 0 Å². The van der Waals surface area contributed by atoms with Crippen LogP contribution in [0.1, 0.15) is 168 Å². The lowest BCUT2D eigenvalue weighted by Gasteiger charge is -2.27. The molecule has 254 valence electrons. The molecule has 0 rings (SSSR count). The number of ketones is 2. The van der Waals surface area contributed by atoms with Crippen LogP contribution in [0.2, 0.25) is 0 Å². The van der Waals surface area contributed by atoms with E-state index in [0.29, 0.717) is 12.8 Å². The Kier molecular flexibility index (Phi) is 30.4. The van der Waals surface area contributed by atoms with Crippen molar-refractivity contribution in [1.29, 1.82) is 0 Å². The highest BCUT2D eigenvalue weighted by atomic mass is 35.5. The van der Waals surface area contributed by atoms with Crippen molar-refractivity contribution in [3.05, 3.63) is 48.6 Å². The predicted octanol–water partition coefficient (Wildman–Crippen LogP) is 11.3. The van der Waals surface area contributed by atoms with Crippen LogP contribution in [0.25, 0.3) is 0 Å². The fourth-order valence-corrected chi connectivity index (χ4v) is 5.57. The Morgan fingerprint density at radius 2 is 0.909 bits per heavy atom. The molecule has 1 atom stereocenters. The van der Waals surface area contributed by atoms with E-state index in [0.717, 1.165) is 77.0 Å². The zero-order valence-corrected chi connectivity index (χ0v) is 29.2. The Balaban J connectivity index is 3.96. The third-order valence-corrected chi connectivity index (χ3v) is 8.48. The summed E-state index contributed by atoms with van der Waals surface area (Å²) in [6.07, 6.45) is 42.0. The van der Waals surface area contributed by atoms with Crippen molar-refractivity contribution >= 4 is 23.2 Å². The molecule has 0 fully saturated rings. The molecule has 1 unspecified atom stereocenters. The molecule has 0 aromatic rings. The van der Waals surface area contributed by atoms with E-state index in [1.54, 1.807) is 0 Å². The number of carbonyl (C=O) groups is 2. The van der Waals surface area contributed by atoms with Crippen LogP contribution in [0, 0.1) is 5.92 Å². The van der Waals surface area contributed by atoms with Crippen LogP contribution in [0.3, 0.4) is 0 Å². The summed E-state index contributed by atoms with van der Waals surface area (Å²) in [6.45, 7) is 4.45.